The molecule has 154 valence electrons. The molecular weight excluding hydrogens is 388 g/mol. The Morgan fingerprint density at radius 3 is 2.43 bits per heavy atom. The number of hydrogen-bond acceptors (Lipinski definition) is 6. The maximum absolute atomic E-state index is 12.3. The van der Waals surface area contributed by atoms with Gasteiger partial charge in [0.15, 0.2) is 6.61 Å². The smallest absolute Gasteiger partial charge is 0.374 e. The van der Waals surface area contributed by atoms with Gasteiger partial charge in [-0.2, -0.15) is 0 Å². The van der Waals surface area contributed by atoms with Crippen molar-refractivity contribution in [3.63, 3.8) is 0 Å². The van der Waals surface area contributed by atoms with E-state index in [1.165, 1.54) is 35.2 Å². The van der Waals surface area contributed by atoms with Gasteiger partial charge in [0.1, 0.15) is 5.76 Å². The average Bonchev–Trinajstić information content (AvgIpc) is 3.23. The second kappa shape index (κ2) is 9.04. The lowest BCUT2D eigenvalue weighted by Crippen LogP contribution is -2.31. The Bertz CT molecular complexity index is 1070. The highest BCUT2D eigenvalue weighted by molar-refractivity contribution is 5.89. The maximum atomic E-state index is 12.3. The molecule has 0 spiro atoms. The second-order valence-corrected chi connectivity index (χ2v) is 6.72. The zero-order valence-electron chi connectivity index (χ0n) is 16.5. The Balaban J connectivity index is 1.56. The first-order valence-electron chi connectivity index (χ1n) is 9.15. The van der Waals surface area contributed by atoms with E-state index in [4.69, 9.17) is 9.15 Å². The Morgan fingerprint density at radius 1 is 1.07 bits per heavy atom. The maximum Gasteiger partial charge on any atom is 0.374 e. The van der Waals surface area contributed by atoms with Gasteiger partial charge in [-0.3, -0.25) is 14.9 Å². The van der Waals surface area contributed by atoms with Crippen molar-refractivity contribution in [2.75, 3.05) is 13.7 Å². The minimum absolute atomic E-state index is 0.0433. The fourth-order valence-electron chi connectivity index (χ4n) is 2.79. The minimum Gasteiger partial charge on any atom is -0.450 e. The van der Waals surface area contributed by atoms with E-state index in [9.17, 15) is 19.7 Å². The van der Waals surface area contributed by atoms with E-state index in [1.54, 1.807) is 13.1 Å². The van der Waals surface area contributed by atoms with E-state index < -0.39 is 17.5 Å². The van der Waals surface area contributed by atoms with E-state index in [1.807, 2.05) is 31.2 Å². The Hall–Kier alpha value is -3.94. The van der Waals surface area contributed by atoms with Gasteiger partial charge in [0.05, 0.1) is 4.92 Å². The van der Waals surface area contributed by atoms with Crippen molar-refractivity contribution in [2.24, 2.45) is 0 Å². The number of benzene rings is 2. The summed E-state index contributed by atoms with van der Waals surface area (Å²) in [5, 5.41) is 10.7. The third-order valence-electron chi connectivity index (χ3n) is 4.59. The van der Waals surface area contributed by atoms with Crippen molar-refractivity contribution in [3.05, 3.63) is 87.7 Å². The van der Waals surface area contributed by atoms with E-state index in [0.717, 1.165) is 11.1 Å². The van der Waals surface area contributed by atoms with E-state index in [-0.39, 0.29) is 17.4 Å². The Kier molecular flexibility index (Phi) is 6.26. The zero-order valence-corrected chi connectivity index (χ0v) is 16.5. The highest BCUT2D eigenvalue weighted by Gasteiger charge is 2.18. The Labute approximate surface area is 172 Å². The van der Waals surface area contributed by atoms with Crippen LogP contribution in [0.3, 0.4) is 0 Å². The molecule has 0 atom stereocenters. The molecule has 0 bridgehead atoms. The molecule has 2 aromatic carbocycles. The third-order valence-corrected chi connectivity index (χ3v) is 4.59. The number of nitrogens with zero attached hydrogens (tertiary/aromatic N) is 2. The molecule has 8 heteroatoms. The van der Waals surface area contributed by atoms with Gasteiger partial charge in [-0.1, -0.05) is 24.3 Å². The topological polar surface area (TPSA) is 103 Å². The second-order valence-electron chi connectivity index (χ2n) is 6.72. The molecule has 0 aliphatic carbocycles. The molecular formula is C22H20N2O6. The van der Waals surface area contributed by atoms with Crippen molar-refractivity contribution < 1.29 is 23.7 Å². The van der Waals surface area contributed by atoms with E-state index in [2.05, 4.69) is 0 Å². The number of hydrogen-bond donors (Lipinski definition) is 0. The van der Waals surface area contributed by atoms with Crippen molar-refractivity contribution in [3.8, 4) is 11.3 Å². The van der Waals surface area contributed by atoms with Gasteiger partial charge in [0, 0.05) is 31.3 Å². The summed E-state index contributed by atoms with van der Waals surface area (Å²) in [6.45, 7) is 1.97. The van der Waals surface area contributed by atoms with E-state index in [0.29, 0.717) is 17.9 Å². The predicted molar refractivity (Wildman–Crippen MR) is 109 cm³/mol. The highest BCUT2D eigenvalue weighted by Crippen LogP contribution is 2.24. The minimum atomic E-state index is -0.763. The summed E-state index contributed by atoms with van der Waals surface area (Å²) >= 11 is 0. The number of rotatable bonds is 7. The van der Waals surface area contributed by atoms with Crippen LogP contribution in [0.15, 0.2) is 65.1 Å². The molecule has 0 aliphatic heterocycles. The summed E-state index contributed by atoms with van der Waals surface area (Å²) in [5.74, 6) is -0.799. The molecule has 1 heterocycles. The SMILES string of the molecule is Cc1ccccc1CN(C)C(=O)COC(=O)c1ccc(-c2ccc([N+](=O)[O-])cc2)o1. The van der Waals surface area contributed by atoms with Crippen LogP contribution >= 0.6 is 0 Å². The molecule has 3 rings (SSSR count). The van der Waals surface area contributed by atoms with Crippen LogP contribution in [0.2, 0.25) is 0 Å². The monoisotopic (exact) mass is 408 g/mol. The molecule has 0 radical (unpaired) electrons. The molecule has 3 aromatic rings. The van der Waals surface area contributed by atoms with E-state index >= 15 is 0 Å². The number of amides is 1. The normalized spacial score (nSPS) is 10.5. The molecule has 8 nitrogen and oxygen atoms in total. The van der Waals surface area contributed by atoms with Crippen LogP contribution in [0.5, 0.6) is 0 Å². The summed E-state index contributed by atoms with van der Waals surface area (Å²) in [4.78, 5) is 36.2. The van der Waals surface area contributed by atoms with Crippen LogP contribution in [0.4, 0.5) is 5.69 Å². The number of carbonyl (C=O) groups excluding carboxylic acids is 2. The highest BCUT2D eigenvalue weighted by atomic mass is 16.6. The number of likely N-dealkylation sites (N-methyl/N-ethyl adjacent to an activating group) is 1. The average molecular weight is 408 g/mol. The van der Waals surface area contributed by atoms with Gasteiger partial charge in [-0.05, 0) is 42.3 Å². The number of ether oxygens (including phenoxy) is 1. The van der Waals surface area contributed by atoms with Crippen LogP contribution in [0.1, 0.15) is 21.7 Å². The van der Waals surface area contributed by atoms with Crippen molar-refractivity contribution in [1.82, 2.24) is 4.90 Å². The van der Waals surface area contributed by atoms with Crippen LogP contribution in [0.25, 0.3) is 11.3 Å². The van der Waals surface area contributed by atoms with Crippen molar-refractivity contribution in [1.29, 1.82) is 0 Å². The van der Waals surface area contributed by atoms with Gasteiger partial charge in [-0.25, -0.2) is 4.79 Å². The lowest BCUT2D eigenvalue weighted by Gasteiger charge is -2.18. The van der Waals surface area contributed by atoms with Crippen LogP contribution in [-0.2, 0) is 16.1 Å². The summed E-state index contributed by atoms with van der Waals surface area (Å²) in [6.07, 6.45) is 0. The summed E-state index contributed by atoms with van der Waals surface area (Å²) in [6, 6.07) is 16.5. The van der Waals surface area contributed by atoms with Gasteiger partial charge < -0.3 is 14.1 Å². The summed E-state index contributed by atoms with van der Waals surface area (Å²) in [7, 11) is 1.64. The van der Waals surface area contributed by atoms with Gasteiger partial charge in [0.25, 0.3) is 11.6 Å². The van der Waals surface area contributed by atoms with Crippen LogP contribution in [-0.4, -0.2) is 35.4 Å². The number of non-ortho nitro benzene ring substituents is 1. The number of aryl methyl sites for hydroxylation is 1. The zero-order chi connectivity index (χ0) is 21.7. The number of nitro groups is 1. The molecule has 30 heavy (non-hydrogen) atoms. The third kappa shape index (κ3) is 4.91. The largest absolute Gasteiger partial charge is 0.450 e. The first-order valence-corrected chi connectivity index (χ1v) is 9.15. The molecule has 0 saturated heterocycles. The van der Waals surface area contributed by atoms with Crippen molar-refractivity contribution >= 4 is 17.6 Å². The molecule has 0 saturated carbocycles. The van der Waals surface area contributed by atoms with Gasteiger partial charge in [-0.15, -0.1) is 0 Å². The Morgan fingerprint density at radius 2 is 1.77 bits per heavy atom. The predicted octanol–water partition coefficient (Wildman–Crippen LogP) is 3.98. The molecule has 1 aromatic heterocycles. The number of carbonyl (C=O) groups is 2. The first-order chi connectivity index (χ1) is 14.3. The fraction of sp³-hybridized carbons (Fsp3) is 0.182. The number of esters is 1. The lowest BCUT2D eigenvalue weighted by molar-refractivity contribution is -0.384. The fourth-order valence-corrected chi connectivity index (χ4v) is 2.79. The van der Waals surface area contributed by atoms with Crippen LogP contribution < -0.4 is 0 Å². The number of furan rings is 1. The standard InChI is InChI=1S/C22H20N2O6/c1-15-5-3-4-6-17(15)13-23(2)21(25)14-29-22(26)20-12-11-19(30-20)16-7-9-18(10-8-16)24(27)28/h3-12H,13-14H2,1-2H3. The first kappa shape index (κ1) is 20.8. The van der Waals surface area contributed by atoms with Gasteiger partial charge in [0.2, 0.25) is 5.76 Å². The molecule has 0 unspecified atom stereocenters. The molecule has 1 amide bonds. The summed E-state index contributed by atoms with van der Waals surface area (Å²) < 4.78 is 10.5. The molecule has 0 aliphatic rings. The molecule has 0 N–H and O–H groups in total. The van der Waals surface area contributed by atoms with Crippen molar-refractivity contribution in [2.45, 2.75) is 13.5 Å². The van der Waals surface area contributed by atoms with Crippen LogP contribution in [0, 0.1) is 17.0 Å². The van der Waals surface area contributed by atoms with Gasteiger partial charge >= 0.3 is 5.97 Å². The quantitative estimate of drug-likeness (QED) is 0.333. The lowest BCUT2D eigenvalue weighted by atomic mass is 10.1. The summed E-state index contributed by atoms with van der Waals surface area (Å²) in [5.41, 5.74) is 2.62. The molecule has 0 fully saturated rings. The number of nitro benzene ring substituents is 1.